The van der Waals surface area contributed by atoms with Gasteiger partial charge < -0.3 is 14.8 Å². The Balaban J connectivity index is 2.03. The molecule has 0 spiro atoms. The lowest BCUT2D eigenvalue weighted by Crippen LogP contribution is -2.18. The summed E-state index contributed by atoms with van der Waals surface area (Å²) in [5, 5.41) is 7.31. The van der Waals surface area contributed by atoms with Crippen molar-refractivity contribution < 1.29 is 14.3 Å². The van der Waals surface area contributed by atoms with Gasteiger partial charge >= 0.3 is 0 Å². The van der Waals surface area contributed by atoms with Gasteiger partial charge in [-0.2, -0.15) is 5.10 Å². The van der Waals surface area contributed by atoms with Crippen LogP contribution in [0.4, 0.5) is 0 Å². The summed E-state index contributed by atoms with van der Waals surface area (Å²) in [5.74, 6) is 1.03. The average molecular weight is 351 g/mol. The van der Waals surface area contributed by atoms with Crippen molar-refractivity contribution in [1.29, 1.82) is 0 Å². The van der Waals surface area contributed by atoms with Crippen LogP contribution in [0.2, 0.25) is 0 Å². The van der Waals surface area contributed by atoms with Crippen LogP contribution in [0.25, 0.3) is 11.3 Å². The Hall–Kier alpha value is -3.28. The summed E-state index contributed by atoms with van der Waals surface area (Å²) >= 11 is 0. The molecule has 134 valence electrons. The van der Waals surface area contributed by atoms with Crippen LogP contribution in [-0.4, -0.2) is 37.0 Å². The van der Waals surface area contributed by atoms with E-state index in [-0.39, 0.29) is 5.91 Å². The lowest BCUT2D eigenvalue weighted by Gasteiger charge is -2.09. The first-order valence-electron chi connectivity index (χ1n) is 8.22. The van der Waals surface area contributed by atoms with Crippen LogP contribution in [0.1, 0.15) is 15.9 Å². The van der Waals surface area contributed by atoms with Crippen LogP contribution in [0, 0.1) is 0 Å². The summed E-state index contributed by atoms with van der Waals surface area (Å²) in [4.78, 5) is 12.3. The molecule has 6 heteroatoms. The van der Waals surface area contributed by atoms with Crippen LogP contribution in [-0.2, 0) is 6.54 Å². The molecule has 6 nitrogen and oxygen atoms in total. The number of nitrogens with zero attached hydrogens (tertiary/aromatic N) is 2. The van der Waals surface area contributed by atoms with Crippen molar-refractivity contribution in [3.63, 3.8) is 0 Å². The smallest absolute Gasteiger partial charge is 0.254 e. The summed E-state index contributed by atoms with van der Waals surface area (Å²) in [7, 11) is 4.77. The molecular weight excluding hydrogens is 330 g/mol. The molecule has 0 saturated heterocycles. The Morgan fingerprint density at radius 1 is 1.08 bits per heavy atom. The molecule has 0 bridgehead atoms. The standard InChI is InChI=1S/C20H21N3O3/c1-21-20(24)16-13-23(12-14-7-5-4-6-8-14)22-19(16)15-9-10-17(25-2)18(11-15)26-3/h4-11,13H,12H2,1-3H3,(H,21,24). The zero-order valence-electron chi connectivity index (χ0n) is 15.0. The van der Waals surface area contributed by atoms with Gasteiger partial charge in [0.15, 0.2) is 11.5 Å². The number of rotatable bonds is 6. The molecule has 3 aromatic rings. The molecule has 1 N–H and O–H groups in total. The van der Waals surface area contributed by atoms with Gasteiger partial charge in [0.25, 0.3) is 5.91 Å². The molecule has 0 aliphatic rings. The minimum absolute atomic E-state index is 0.186. The van der Waals surface area contributed by atoms with Crippen LogP contribution in [0.5, 0.6) is 11.5 Å². The molecule has 3 rings (SSSR count). The van der Waals surface area contributed by atoms with E-state index in [1.165, 1.54) is 0 Å². The number of nitrogens with one attached hydrogen (secondary N) is 1. The SMILES string of the molecule is CNC(=O)c1cn(Cc2ccccc2)nc1-c1ccc(OC)c(OC)c1. The third-order valence-electron chi connectivity index (χ3n) is 4.08. The Labute approximate surface area is 152 Å². The molecule has 0 saturated carbocycles. The van der Waals surface area contributed by atoms with Crippen molar-refractivity contribution in [3.8, 4) is 22.8 Å². The Kier molecular flexibility index (Phi) is 5.22. The minimum atomic E-state index is -0.186. The van der Waals surface area contributed by atoms with Gasteiger partial charge in [0.05, 0.1) is 26.3 Å². The highest BCUT2D eigenvalue weighted by atomic mass is 16.5. The molecule has 2 aromatic carbocycles. The van der Waals surface area contributed by atoms with E-state index >= 15 is 0 Å². The normalized spacial score (nSPS) is 10.4. The molecule has 1 aromatic heterocycles. The molecule has 0 atom stereocenters. The molecule has 26 heavy (non-hydrogen) atoms. The first-order chi connectivity index (χ1) is 12.7. The number of hydrogen-bond acceptors (Lipinski definition) is 4. The summed E-state index contributed by atoms with van der Waals surface area (Å²) < 4.78 is 12.4. The highest BCUT2D eigenvalue weighted by molar-refractivity contribution is 5.99. The fourth-order valence-corrected chi connectivity index (χ4v) is 2.77. The van der Waals surface area contributed by atoms with Crippen molar-refractivity contribution in [2.75, 3.05) is 21.3 Å². The molecule has 0 unspecified atom stereocenters. The van der Waals surface area contributed by atoms with Crippen molar-refractivity contribution >= 4 is 5.91 Å². The summed E-state index contributed by atoms with van der Waals surface area (Å²) in [5.41, 5.74) is 3.00. The first kappa shape index (κ1) is 17.5. The van der Waals surface area contributed by atoms with E-state index in [2.05, 4.69) is 10.4 Å². The fraction of sp³-hybridized carbons (Fsp3) is 0.200. The van der Waals surface area contributed by atoms with E-state index in [0.29, 0.717) is 29.3 Å². The maximum atomic E-state index is 12.3. The lowest BCUT2D eigenvalue weighted by atomic mass is 10.1. The molecule has 1 heterocycles. The third-order valence-corrected chi connectivity index (χ3v) is 4.08. The molecule has 0 fully saturated rings. The molecular formula is C20H21N3O3. The van der Waals surface area contributed by atoms with Crippen LogP contribution >= 0.6 is 0 Å². The van der Waals surface area contributed by atoms with Gasteiger partial charge in [-0.1, -0.05) is 30.3 Å². The summed E-state index contributed by atoms with van der Waals surface area (Å²) in [6.45, 7) is 0.581. The Bertz CT molecular complexity index is 904. The predicted molar refractivity (Wildman–Crippen MR) is 99.7 cm³/mol. The molecule has 0 aliphatic carbocycles. The number of amides is 1. The largest absolute Gasteiger partial charge is 0.493 e. The highest BCUT2D eigenvalue weighted by Crippen LogP contribution is 2.33. The van der Waals surface area contributed by atoms with Gasteiger partial charge in [-0.25, -0.2) is 0 Å². The maximum Gasteiger partial charge on any atom is 0.254 e. The average Bonchev–Trinajstić information content (AvgIpc) is 3.11. The van der Waals surface area contributed by atoms with Crippen molar-refractivity contribution in [2.45, 2.75) is 6.54 Å². The van der Waals surface area contributed by atoms with E-state index in [4.69, 9.17) is 9.47 Å². The van der Waals surface area contributed by atoms with Crippen molar-refractivity contribution in [2.24, 2.45) is 0 Å². The van der Waals surface area contributed by atoms with Gasteiger partial charge in [0.1, 0.15) is 5.69 Å². The van der Waals surface area contributed by atoms with E-state index in [9.17, 15) is 4.79 Å². The monoisotopic (exact) mass is 351 g/mol. The maximum absolute atomic E-state index is 12.3. The van der Waals surface area contributed by atoms with Gasteiger partial charge in [0, 0.05) is 18.8 Å². The molecule has 1 amide bonds. The van der Waals surface area contributed by atoms with E-state index in [1.54, 1.807) is 38.2 Å². The molecule has 0 aliphatic heterocycles. The second-order valence-electron chi connectivity index (χ2n) is 5.72. The topological polar surface area (TPSA) is 65.4 Å². The molecule has 0 radical (unpaired) electrons. The lowest BCUT2D eigenvalue weighted by molar-refractivity contribution is 0.0963. The van der Waals surface area contributed by atoms with Gasteiger partial charge in [0.2, 0.25) is 0 Å². The Morgan fingerprint density at radius 2 is 1.81 bits per heavy atom. The second-order valence-corrected chi connectivity index (χ2v) is 5.72. The number of benzene rings is 2. The number of hydrogen-bond donors (Lipinski definition) is 1. The number of aromatic nitrogens is 2. The van der Waals surface area contributed by atoms with Gasteiger partial charge in [-0.3, -0.25) is 9.48 Å². The third kappa shape index (κ3) is 3.54. The van der Waals surface area contributed by atoms with Crippen LogP contribution in [0.15, 0.2) is 54.7 Å². The van der Waals surface area contributed by atoms with Crippen LogP contribution < -0.4 is 14.8 Å². The second kappa shape index (κ2) is 7.74. The Morgan fingerprint density at radius 3 is 2.46 bits per heavy atom. The number of methoxy groups -OCH3 is 2. The summed E-state index contributed by atoms with van der Waals surface area (Å²) in [6, 6.07) is 15.5. The van der Waals surface area contributed by atoms with Crippen molar-refractivity contribution in [3.05, 3.63) is 65.9 Å². The van der Waals surface area contributed by atoms with Gasteiger partial charge in [-0.05, 0) is 23.8 Å². The highest BCUT2D eigenvalue weighted by Gasteiger charge is 2.18. The first-order valence-corrected chi connectivity index (χ1v) is 8.22. The fourth-order valence-electron chi connectivity index (χ4n) is 2.77. The number of ether oxygens (including phenoxy) is 2. The van der Waals surface area contributed by atoms with Gasteiger partial charge in [-0.15, -0.1) is 0 Å². The minimum Gasteiger partial charge on any atom is -0.493 e. The van der Waals surface area contributed by atoms with E-state index in [0.717, 1.165) is 11.1 Å². The van der Waals surface area contributed by atoms with E-state index < -0.39 is 0 Å². The quantitative estimate of drug-likeness (QED) is 0.741. The zero-order valence-corrected chi connectivity index (χ0v) is 15.0. The number of carbonyl (C=O) groups is 1. The summed E-state index contributed by atoms with van der Waals surface area (Å²) in [6.07, 6.45) is 1.76. The zero-order chi connectivity index (χ0) is 18.5. The van der Waals surface area contributed by atoms with E-state index in [1.807, 2.05) is 42.5 Å². The van der Waals surface area contributed by atoms with Crippen LogP contribution in [0.3, 0.4) is 0 Å². The predicted octanol–water partition coefficient (Wildman–Crippen LogP) is 2.98. The number of carbonyl (C=O) groups excluding carboxylic acids is 1. The van der Waals surface area contributed by atoms with Crippen molar-refractivity contribution in [1.82, 2.24) is 15.1 Å².